The van der Waals surface area contributed by atoms with Crippen LogP contribution in [0, 0.1) is 0 Å². The summed E-state index contributed by atoms with van der Waals surface area (Å²) in [6, 6.07) is 0. The van der Waals surface area contributed by atoms with Gasteiger partial charge in [0.1, 0.15) is 12.2 Å². The van der Waals surface area contributed by atoms with Crippen molar-refractivity contribution in [2.75, 3.05) is 33.0 Å². The average Bonchev–Trinajstić information content (AvgIpc) is 3.19. The van der Waals surface area contributed by atoms with Crippen molar-refractivity contribution < 1.29 is 43.0 Å². The van der Waals surface area contributed by atoms with Crippen LogP contribution in [0.1, 0.15) is 168 Å². The average molecular weight is 809 g/mol. The van der Waals surface area contributed by atoms with E-state index in [9.17, 15) is 19.4 Å². The van der Waals surface area contributed by atoms with Gasteiger partial charge >= 0.3 is 13.8 Å². The van der Waals surface area contributed by atoms with Gasteiger partial charge in [-0.15, -0.1) is 0 Å². The van der Waals surface area contributed by atoms with Crippen molar-refractivity contribution >= 4 is 13.8 Å². The van der Waals surface area contributed by atoms with E-state index >= 15 is 0 Å². The molecule has 10 heteroatoms. The van der Waals surface area contributed by atoms with Crippen molar-refractivity contribution in [2.45, 2.75) is 180 Å². The summed E-state index contributed by atoms with van der Waals surface area (Å²) in [5.74, 6) is -0.401. The maximum Gasteiger partial charge on any atom is 0.472 e. The minimum absolute atomic E-state index is 0.0295. The number of hydrogen-bond acceptors (Lipinski definition) is 8. The van der Waals surface area contributed by atoms with Crippen LogP contribution in [0.4, 0.5) is 0 Å². The van der Waals surface area contributed by atoms with E-state index in [4.69, 9.17) is 23.6 Å². The molecule has 0 aromatic rings. The largest absolute Gasteiger partial charge is 0.472 e. The minimum Gasteiger partial charge on any atom is -0.457 e. The van der Waals surface area contributed by atoms with Crippen LogP contribution in [-0.2, 0) is 27.9 Å². The number of hydrogen-bond donors (Lipinski definition) is 3. The van der Waals surface area contributed by atoms with Crippen LogP contribution in [0.5, 0.6) is 0 Å². The highest BCUT2D eigenvalue weighted by Gasteiger charge is 2.26. The molecule has 56 heavy (non-hydrogen) atoms. The first kappa shape index (κ1) is 53.9. The molecule has 3 atom stereocenters. The maximum absolute atomic E-state index is 12.6. The summed E-state index contributed by atoms with van der Waals surface area (Å²) in [5, 5.41) is 18.4. The molecule has 0 aliphatic rings. The second-order valence-electron chi connectivity index (χ2n) is 14.3. The molecule has 0 fully saturated rings. The Morgan fingerprint density at radius 3 is 1.54 bits per heavy atom. The number of rotatable bonds is 41. The topological polar surface area (TPSA) is 132 Å². The number of aliphatic hydroxyl groups is 2. The SMILES string of the molecule is CC/C=C\C/C=C\C/C=C\C/C=C\CCCCCCCOCC(COP(=O)(O)OCC(O)CO)OC(=O)CCCCCCCCC/C=C\C/C=C\CCCCC. The van der Waals surface area contributed by atoms with Crippen molar-refractivity contribution in [3.63, 3.8) is 0 Å². The van der Waals surface area contributed by atoms with Crippen LogP contribution >= 0.6 is 7.82 Å². The molecular weight excluding hydrogens is 727 g/mol. The molecule has 0 amide bonds. The van der Waals surface area contributed by atoms with Crippen LogP contribution in [0.2, 0.25) is 0 Å². The third-order valence-electron chi connectivity index (χ3n) is 8.88. The summed E-state index contributed by atoms with van der Waals surface area (Å²) in [7, 11) is -4.53. The van der Waals surface area contributed by atoms with Gasteiger partial charge in [-0.3, -0.25) is 13.8 Å². The van der Waals surface area contributed by atoms with Gasteiger partial charge in [0.05, 0.1) is 26.4 Å². The number of esters is 1. The molecular formula is C46H81O9P. The Labute approximate surface area is 342 Å². The van der Waals surface area contributed by atoms with E-state index in [1.54, 1.807) is 0 Å². The van der Waals surface area contributed by atoms with Gasteiger partial charge in [0.25, 0.3) is 0 Å². The zero-order chi connectivity index (χ0) is 41.1. The molecule has 0 aliphatic heterocycles. The number of ether oxygens (including phenoxy) is 2. The zero-order valence-corrected chi connectivity index (χ0v) is 36.2. The summed E-state index contributed by atoms with van der Waals surface area (Å²) < 4.78 is 33.4. The molecule has 3 N–H and O–H groups in total. The lowest BCUT2D eigenvalue weighted by molar-refractivity contribution is -0.154. The fourth-order valence-corrected chi connectivity index (χ4v) is 6.34. The first-order chi connectivity index (χ1) is 27.3. The van der Waals surface area contributed by atoms with Gasteiger partial charge in [-0.2, -0.15) is 0 Å². The number of phosphoric acid groups is 1. The highest BCUT2D eigenvalue weighted by atomic mass is 31.2. The summed E-state index contributed by atoms with van der Waals surface area (Å²) in [5.41, 5.74) is 0. The number of unbranched alkanes of at least 4 members (excludes halogenated alkanes) is 15. The quantitative estimate of drug-likeness (QED) is 0.0239. The molecule has 3 unspecified atom stereocenters. The zero-order valence-electron chi connectivity index (χ0n) is 35.3. The van der Waals surface area contributed by atoms with E-state index in [0.717, 1.165) is 96.3 Å². The Bertz CT molecular complexity index is 1100. The second-order valence-corrected chi connectivity index (χ2v) is 15.8. The Hall–Kier alpha value is -2.10. The van der Waals surface area contributed by atoms with Crippen molar-refractivity contribution in [1.82, 2.24) is 0 Å². The molecule has 0 rings (SSSR count). The first-order valence-corrected chi connectivity index (χ1v) is 23.4. The lowest BCUT2D eigenvalue weighted by atomic mass is 10.1. The molecule has 0 radical (unpaired) electrons. The van der Waals surface area contributed by atoms with E-state index in [1.807, 2.05) is 0 Å². The second kappa shape index (κ2) is 42.5. The number of allylic oxidation sites excluding steroid dienone is 12. The lowest BCUT2D eigenvalue weighted by Gasteiger charge is -2.20. The predicted molar refractivity (Wildman–Crippen MR) is 233 cm³/mol. The smallest absolute Gasteiger partial charge is 0.457 e. The van der Waals surface area contributed by atoms with Crippen LogP contribution in [-0.4, -0.2) is 66.3 Å². The van der Waals surface area contributed by atoms with E-state index in [-0.39, 0.29) is 13.0 Å². The Morgan fingerprint density at radius 1 is 0.571 bits per heavy atom. The lowest BCUT2D eigenvalue weighted by Crippen LogP contribution is -2.29. The first-order valence-electron chi connectivity index (χ1n) is 21.9. The van der Waals surface area contributed by atoms with Gasteiger partial charge in [0, 0.05) is 13.0 Å². The van der Waals surface area contributed by atoms with Crippen LogP contribution in [0.15, 0.2) is 72.9 Å². The molecule has 9 nitrogen and oxygen atoms in total. The van der Waals surface area contributed by atoms with E-state index in [0.29, 0.717) is 13.0 Å². The fourth-order valence-electron chi connectivity index (χ4n) is 5.55. The predicted octanol–water partition coefficient (Wildman–Crippen LogP) is 12.1. The number of aliphatic hydroxyl groups excluding tert-OH is 2. The molecule has 0 spiro atoms. The molecule has 0 heterocycles. The highest BCUT2D eigenvalue weighted by molar-refractivity contribution is 7.47. The number of carbonyl (C=O) groups excluding carboxylic acids is 1. The third-order valence-corrected chi connectivity index (χ3v) is 9.83. The van der Waals surface area contributed by atoms with Gasteiger partial charge in [-0.25, -0.2) is 4.57 Å². The van der Waals surface area contributed by atoms with E-state index in [2.05, 4.69) is 86.8 Å². The van der Waals surface area contributed by atoms with E-state index in [1.165, 1.54) is 44.9 Å². The molecule has 0 aliphatic carbocycles. The van der Waals surface area contributed by atoms with Crippen LogP contribution in [0.25, 0.3) is 0 Å². The van der Waals surface area contributed by atoms with Gasteiger partial charge in [-0.05, 0) is 83.5 Å². The monoisotopic (exact) mass is 809 g/mol. The molecule has 0 saturated heterocycles. The summed E-state index contributed by atoms with van der Waals surface area (Å²) in [4.78, 5) is 22.6. The van der Waals surface area contributed by atoms with Gasteiger partial charge in [0.15, 0.2) is 0 Å². The van der Waals surface area contributed by atoms with Crippen LogP contribution in [0.3, 0.4) is 0 Å². The third kappa shape index (κ3) is 41.5. The van der Waals surface area contributed by atoms with Gasteiger partial charge in [-0.1, -0.05) is 151 Å². The molecule has 0 bridgehead atoms. The minimum atomic E-state index is -4.53. The molecule has 0 aromatic carbocycles. The molecule has 0 saturated carbocycles. The maximum atomic E-state index is 12.6. The van der Waals surface area contributed by atoms with E-state index < -0.39 is 45.8 Å². The summed E-state index contributed by atoms with van der Waals surface area (Å²) in [6.07, 6.45) is 50.0. The normalized spacial score (nSPS) is 14.7. The standard InChI is InChI=1S/C46H81O9P/c1-3-5-7-9-11-13-15-17-19-21-23-25-27-29-31-33-35-37-39-52-42-45(43-54-56(50,51)53-41-44(48)40-47)55-46(49)38-36-34-32-30-28-26-24-22-20-18-16-14-12-10-8-6-4-2/h5,7,11-14,17-20,23,25,44-45,47-48H,3-4,6,8-10,15-16,21-22,24,26-43H2,1-2H3,(H,50,51)/b7-5-,13-11-,14-12-,19-17-,20-18-,25-23-. The summed E-state index contributed by atoms with van der Waals surface area (Å²) >= 11 is 0. The fraction of sp³-hybridized carbons (Fsp3) is 0.717. The number of phosphoric ester groups is 1. The van der Waals surface area contributed by atoms with Gasteiger partial charge < -0.3 is 24.6 Å². The Kier molecular flexibility index (Phi) is 40.9. The molecule has 0 aromatic heterocycles. The molecule has 324 valence electrons. The Morgan fingerprint density at radius 2 is 1.02 bits per heavy atom. The Balaban J connectivity index is 4.23. The van der Waals surface area contributed by atoms with Crippen molar-refractivity contribution in [1.29, 1.82) is 0 Å². The van der Waals surface area contributed by atoms with Crippen molar-refractivity contribution in [2.24, 2.45) is 0 Å². The van der Waals surface area contributed by atoms with Crippen LogP contribution < -0.4 is 0 Å². The van der Waals surface area contributed by atoms with Crippen molar-refractivity contribution in [3.05, 3.63) is 72.9 Å². The summed E-state index contributed by atoms with van der Waals surface area (Å²) in [6.45, 7) is 3.31. The van der Waals surface area contributed by atoms with Gasteiger partial charge in [0.2, 0.25) is 0 Å². The number of carbonyl (C=O) groups is 1. The highest BCUT2D eigenvalue weighted by Crippen LogP contribution is 2.43. The van der Waals surface area contributed by atoms with Crippen molar-refractivity contribution in [3.8, 4) is 0 Å².